The molecule has 0 aliphatic rings. The van der Waals surface area contributed by atoms with E-state index in [4.69, 9.17) is 4.74 Å². The molecule has 1 rings (SSSR count). The second kappa shape index (κ2) is 8.12. The minimum atomic E-state index is -0.0790. The minimum absolute atomic E-state index is 0.0725. The Bertz CT molecular complexity index is 329. The molecule has 17 heavy (non-hydrogen) atoms. The fourth-order valence-electron chi connectivity index (χ4n) is 1.29. The van der Waals surface area contributed by atoms with Gasteiger partial charge in [0.15, 0.2) is 6.61 Å². The van der Waals surface area contributed by atoms with E-state index in [0.717, 1.165) is 18.6 Å². The number of alkyl halides is 1. The SMILES string of the molecule is CCC(Br)CCNC(=O)COc1ccccc1. The lowest BCUT2D eigenvalue weighted by Gasteiger charge is -2.09. The third-order valence-corrected chi connectivity index (χ3v) is 3.44. The molecule has 1 N–H and O–H groups in total. The maximum Gasteiger partial charge on any atom is 0.257 e. The molecule has 1 unspecified atom stereocenters. The molecule has 0 aliphatic carbocycles. The standard InChI is InChI=1S/C13H18BrNO2/c1-2-11(14)8-9-15-13(16)10-17-12-6-4-3-5-7-12/h3-7,11H,2,8-10H2,1H3,(H,15,16). The van der Waals surface area contributed by atoms with Gasteiger partial charge >= 0.3 is 0 Å². The smallest absolute Gasteiger partial charge is 0.257 e. The van der Waals surface area contributed by atoms with Gasteiger partial charge in [-0.1, -0.05) is 41.1 Å². The number of halogens is 1. The van der Waals surface area contributed by atoms with Gasteiger partial charge in [-0.05, 0) is 25.0 Å². The second-order valence-electron chi connectivity index (χ2n) is 3.75. The summed E-state index contributed by atoms with van der Waals surface area (Å²) < 4.78 is 5.33. The maximum absolute atomic E-state index is 11.4. The van der Waals surface area contributed by atoms with Crippen molar-refractivity contribution in [3.05, 3.63) is 30.3 Å². The molecule has 0 radical (unpaired) electrons. The van der Waals surface area contributed by atoms with E-state index in [9.17, 15) is 4.79 Å². The normalized spacial score (nSPS) is 11.9. The Hall–Kier alpha value is -1.03. The van der Waals surface area contributed by atoms with E-state index in [1.807, 2.05) is 30.3 Å². The number of para-hydroxylation sites is 1. The number of ether oxygens (including phenoxy) is 1. The molecule has 0 saturated heterocycles. The van der Waals surface area contributed by atoms with Gasteiger partial charge in [-0.25, -0.2) is 0 Å². The van der Waals surface area contributed by atoms with Gasteiger partial charge in [0.25, 0.3) is 5.91 Å². The summed E-state index contributed by atoms with van der Waals surface area (Å²) in [6.45, 7) is 2.86. The summed E-state index contributed by atoms with van der Waals surface area (Å²) in [5.74, 6) is 0.638. The number of nitrogens with one attached hydrogen (secondary N) is 1. The van der Waals surface area contributed by atoms with Crippen LogP contribution in [0.5, 0.6) is 5.75 Å². The molecule has 0 bridgehead atoms. The van der Waals surface area contributed by atoms with Crippen molar-refractivity contribution in [1.29, 1.82) is 0 Å². The van der Waals surface area contributed by atoms with E-state index in [1.54, 1.807) is 0 Å². The third-order valence-electron chi connectivity index (χ3n) is 2.34. The summed E-state index contributed by atoms with van der Waals surface area (Å²) in [5, 5.41) is 2.82. The minimum Gasteiger partial charge on any atom is -0.484 e. The summed E-state index contributed by atoms with van der Waals surface area (Å²) in [6.07, 6.45) is 2.00. The number of amides is 1. The fourth-order valence-corrected chi connectivity index (χ4v) is 1.52. The highest BCUT2D eigenvalue weighted by Gasteiger charge is 2.04. The first-order chi connectivity index (χ1) is 8.22. The zero-order valence-electron chi connectivity index (χ0n) is 9.99. The zero-order valence-corrected chi connectivity index (χ0v) is 11.6. The molecule has 1 amide bonds. The first-order valence-corrected chi connectivity index (χ1v) is 6.72. The Balaban J connectivity index is 2.13. The van der Waals surface area contributed by atoms with Gasteiger partial charge in [-0.2, -0.15) is 0 Å². The van der Waals surface area contributed by atoms with Crippen molar-refractivity contribution in [1.82, 2.24) is 5.32 Å². The third kappa shape index (κ3) is 6.31. The van der Waals surface area contributed by atoms with Gasteiger partial charge in [0, 0.05) is 11.4 Å². The van der Waals surface area contributed by atoms with Gasteiger partial charge < -0.3 is 10.1 Å². The van der Waals surface area contributed by atoms with Crippen LogP contribution in [0.1, 0.15) is 19.8 Å². The summed E-state index contributed by atoms with van der Waals surface area (Å²) >= 11 is 3.52. The highest BCUT2D eigenvalue weighted by molar-refractivity contribution is 9.09. The molecule has 0 spiro atoms. The first kappa shape index (κ1) is 14.0. The van der Waals surface area contributed by atoms with E-state index < -0.39 is 0 Å². The number of hydrogen-bond donors (Lipinski definition) is 1. The molecule has 0 fully saturated rings. The lowest BCUT2D eigenvalue weighted by molar-refractivity contribution is -0.123. The maximum atomic E-state index is 11.4. The van der Waals surface area contributed by atoms with Crippen molar-refractivity contribution in [2.45, 2.75) is 24.6 Å². The molecule has 94 valence electrons. The van der Waals surface area contributed by atoms with Crippen LogP contribution in [0.25, 0.3) is 0 Å². The van der Waals surface area contributed by atoms with Crippen molar-refractivity contribution < 1.29 is 9.53 Å². The van der Waals surface area contributed by atoms with Crippen LogP contribution < -0.4 is 10.1 Å². The number of benzene rings is 1. The van der Waals surface area contributed by atoms with Crippen molar-refractivity contribution in [3.63, 3.8) is 0 Å². The van der Waals surface area contributed by atoms with Gasteiger partial charge in [0.2, 0.25) is 0 Å². The largest absolute Gasteiger partial charge is 0.484 e. The monoisotopic (exact) mass is 299 g/mol. The van der Waals surface area contributed by atoms with Gasteiger partial charge in [-0.3, -0.25) is 4.79 Å². The van der Waals surface area contributed by atoms with E-state index >= 15 is 0 Å². The number of hydrogen-bond acceptors (Lipinski definition) is 2. The fraction of sp³-hybridized carbons (Fsp3) is 0.462. The van der Waals surface area contributed by atoms with Crippen LogP contribution in [0.4, 0.5) is 0 Å². The Morgan fingerprint density at radius 2 is 2.12 bits per heavy atom. The molecule has 0 aliphatic heterocycles. The van der Waals surface area contributed by atoms with Crippen LogP contribution in [0.2, 0.25) is 0 Å². The zero-order chi connectivity index (χ0) is 12.5. The summed E-state index contributed by atoms with van der Waals surface area (Å²) in [4.78, 5) is 11.9. The summed E-state index contributed by atoms with van der Waals surface area (Å²) in [7, 11) is 0. The molecule has 4 heteroatoms. The predicted molar refractivity (Wildman–Crippen MR) is 72.6 cm³/mol. The lowest BCUT2D eigenvalue weighted by atomic mass is 10.2. The molecule has 1 aromatic carbocycles. The van der Waals surface area contributed by atoms with Crippen molar-refractivity contribution in [2.75, 3.05) is 13.2 Å². The highest BCUT2D eigenvalue weighted by Crippen LogP contribution is 2.08. The number of carbonyl (C=O) groups excluding carboxylic acids is 1. The van der Waals surface area contributed by atoms with E-state index in [2.05, 4.69) is 28.2 Å². The van der Waals surface area contributed by atoms with Gasteiger partial charge in [-0.15, -0.1) is 0 Å². The molecule has 3 nitrogen and oxygen atoms in total. The quantitative estimate of drug-likeness (QED) is 0.786. The van der Waals surface area contributed by atoms with Gasteiger partial charge in [0.05, 0.1) is 0 Å². The van der Waals surface area contributed by atoms with E-state index in [-0.39, 0.29) is 12.5 Å². The highest BCUT2D eigenvalue weighted by atomic mass is 79.9. The van der Waals surface area contributed by atoms with Crippen molar-refractivity contribution >= 4 is 21.8 Å². The van der Waals surface area contributed by atoms with Crippen LogP contribution in [-0.2, 0) is 4.79 Å². The number of carbonyl (C=O) groups is 1. The molecular formula is C13H18BrNO2. The summed E-state index contributed by atoms with van der Waals surface area (Å²) in [5.41, 5.74) is 0. The van der Waals surface area contributed by atoms with E-state index in [0.29, 0.717) is 11.4 Å². The van der Waals surface area contributed by atoms with E-state index in [1.165, 1.54) is 0 Å². The predicted octanol–water partition coefficient (Wildman–Crippen LogP) is 2.75. The molecule has 0 saturated carbocycles. The average Bonchev–Trinajstić information content (AvgIpc) is 2.37. The van der Waals surface area contributed by atoms with Crippen LogP contribution in [0, 0.1) is 0 Å². The van der Waals surface area contributed by atoms with Gasteiger partial charge in [0.1, 0.15) is 5.75 Å². The average molecular weight is 300 g/mol. The number of rotatable bonds is 7. The molecule has 1 atom stereocenters. The van der Waals surface area contributed by atoms with Crippen molar-refractivity contribution in [3.8, 4) is 5.75 Å². The Kier molecular flexibility index (Phi) is 6.70. The summed E-state index contributed by atoms with van der Waals surface area (Å²) in [6, 6.07) is 9.33. The van der Waals surface area contributed by atoms with Crippen LogP contribution in [-0.4, -0.2) is 23.9 Å². The molecule has 0 heterocycles. The first-order valence-electron chi connectivity index (χ1n) is 5.81. The molecule has 0 aromatic heterocycles. The van der Waals surface area contributed by atoms with Crippen LogP contribution in [0.15, 0.2) is 30.3 Å². The van der Waals surface area contributed by atoms with Crippen molar-refractivity contribution in [2.24, 2.45) is 0 Å². The Morgan fingerprint density at radius 1 is 1.41 bits per heavy atom. The molecular weight excluding hydrogens is 282 g/mol. The Morgan fingerprint density at radius 3 is 2.76 bits per heavy atom. The second-order valence-corrected chi connectivity index (χ2v) is 5.04. The lowest BCUT2D eigenvalue weighted by Crippen LogP contribution is -2.30. The topological polar surface area (TPSA) is 38.3 Å². The molecule has 1 aromatic rings. The Labute approximate surface area is 111 Å². The van der Waals surface area contributed by atoms with Crippen LogP contribution >= 0.6 is 15.9 Å². The van der Waals surface area contributed by atoms with Crippen LogP contribution in [0.3, 0.4) is 0 Å².